The number of hydrogen-bond acceptors (Lipinski definition) is 2. The van der Waals surface area contributed by atoms with Crippen LogP contribution in [-0.4, -0.2) is 40.2 Å². The Bertz CT molecular complexity index is 437. The van der Waals surface area contributed by atoms with E-state index >= 15 is 0 Å². The number of nitrogens with zero attached hydrogens (tertiary/aromatic N) is 2. The summed E-state index contributed by atoms with van der Waals surface area (Å²) < 4.78 is 1.87. The number of hydrogen-bond donors (Lipinski definition) is 1. The molecule has 1 saturated heterocycles. The first-order chi connectivity index (χ1) is 8.22. The second-order valence-electron chi connectivity index (χ2n) is 4.32. The summed E-state index contributed by atoms with van der Waals surface area (Å²) in [6.45, 7) is 2.56. The molecule has 0 amide bonds. The van der Waals surface area contributed by atoms with Crippen molar-refractivity contribution < 1.29 is 9.90 Å². The summed E-state index contributed by atoms with van der Waals surface area (Å²) in [5.41, 5.74) is 0.375. The molecule has 0 saturated carbocycles. The van der Waals surface area contributed by atoms with Crippen molar-refractivity contribution in [3.05, 3.63) is 24.0 Å². The summed E-state index contributed by atoms with van der Waals surface area (Å²) in [6, 6.07) is 3.72. The van der Waals surface area contributed by atoms with E-state index < -0.39 is 5.97 Å². The molecule has 1 N–H and O–H groups in total. The molecule has 90 valence electrons. The molecular weight excluding hydrogens is 216 g/mol. The average molecular weight is 232 g/mol. The number of carboxylic acids is 1. The lowest BCUT2D eigenvalue weighted by Gasteiger charge is -2.32. The van der Waals surface area contributed by atoms with Crippen LogP contribution in [0, 0.1) is 12.3 Å². The van der Waals surface area contributed by atoms with E-state index in [1.165, 1.54) is 0 Å². The Kier molecular flexibility index (Phi) is 3.50. The molecule has 0 bridgehead atoms. The van der Waals surface area contributed by atoms with Crippen molar-refractivity contribution in [2.45, 2.75) is 18.9 Å². The predicted molar refractivity (Wildman–Crippen MR) is 64.9 cm³/mol. The fraction of sp³-hybridized carbons (Fsp3) is 0.462. The van der Waals surface area contributed by atoms with Crippen molar-refractivity contribution in [3.8, 4) is 12.3 Å². The number of aromatic nitrogens is 1. The highest BCUT2D eigenvalue weighted by atomic mass is 16.4. The van der Waals surface area contributed by atoms with Gasteiger partial charge in [0.15, 0.2) is 0 Å². The van der Waals surface area contributed by atoms with Crippen LogP contribution in [0.15, 0.2) is 18.3 Å². The van der Waals surface area contributed by atoms with E-state index in [0.29, 0.717) is 12.2 Å². The van der Waals surface area contributed by atoms with Crippen molar-refractivity contribution in [1.29, 1.82) is 0 Å². The first kappa shape index (κ1) is 11.7. The summed E-state index contributed by atoms with van der Waals surface area (Å²) >= 11 is 0. The largest absolute Gasteiger partial charge is 0.477 e. The molecule has 17 heavy (non-hydrogen) atoms. The second kappa shape index (κ2) is 5.07. The van der Waals surface area contributed by atoms with Gasteiger partial charge in [0, 0.05) is 25.3 Å². The number of aromatic carboxylic acids is 1. The van der Waals surface area contributed by atoms with Crippen molar-refractivity contribution in [3.63, 3.8) is 0 Å². The van der Waals surface area contributed by atoms with Crippen LogP contribution >= 0.6 is 0 Å². The zero-order valence-electron chi connectivity index (χ0n) is 9.67. The molecule has 1 aliphatic rings. The zero-order valence-corrected chi connectivity index (χ0v) is 9.67. The lowest BCUT2D eigenvalue weighted by atomic mass is 10.0. The van der Waals surface area contributed by atoms with Crippen LogP contribution in [0.4, 0.5) is 0 Å². The maximum absolute atomic E-state index is 11.0. The van der Waals surface area contributed by atoms with Gasteiger partial charge in [-0.05, 0) is 25.0 Å². The molecule has 0 atom stereocenters. The number of terminal acetylenes is 1. The monoisotopic (exact) mass is 232 g/mol. The van der Waals surface area contributed by atoms with Crippen LogP contribution in [0.5, 0.6) is 0 Å². The first-order valence-corrected chi connectivity index (χ1v) is 5.78. The fourth-order valence-corrected chi connectivity index (χ4v) is 2.38. The van der Waals surface area contributed by atoms with Crippen molar-refractivity contribution in [2.75, 3.05) is 19.6 Å². The van der Waals surface area contributed by atoms with Gasteiger partial charge >= 0.3 is 5.97 Å². The molecule has 2 rings (SSSR count). The number of carboxylic acid groups (broad SMARTS) is 1. The lowest BCUT2D eigenvalue weighted by Crippen LogP contribution is -2.35. The number of piperidine rings is 1. The summed E-state index contributed by atoms with van der Waals surface area (Å²) in [7, 11) is 0. The Labute approximate surface area is 101 Å². The lowest BCUT2D eigenvalue weighted by molar-refractivity contribution is 0.0678. The number of rotatable bonds is 3. The minimum atomic E-state index is -0.860. The highest BCUT2D eigenvalue weighted by Crippen LogP contribution is 2.24. The van der Waals surface area contributed by atoms with Gasteiger partial charge in [0.2, 0.25) is 0 Å². The third-order valence-corrected chi connectivity index (χ3v) is 3.26. The standard InChI is InChI=1S/C13H16N2O2/c1-2-7-14-9-5-11(6-10-14)15-8-3-4-12(15)13(16)17/h1,3-4,8,11H,5-7,9-10H2,(H,16,17). The van der Waals surface area contributed by atoms with Crippen molar-refractivity contribution >= 4 is 5.97 Å². The Morgan fingerprint density at radius 2 is 2.24 bits per heavy atom. The minimum Gasteiger partial charge on any atom is -0.477 e. The van der Waals surface area contributed by atoms with E-state index in [9.17, 15) is 4.79 Å². The van der Waals surface area contributed by atoms with E-state index in [1.54, 1.807) is 12.1 Å². The number of likely N-dealkylation sites (tertiary alicyclic amines) is 1. The van der Waals surface area contributed by atoms with Gasteiger partial charge in [0.25, 0.3) is 0 Å². The Hall–Kier alpha value is -1.73. The van der Waals surface area contributed by atoms with Gasteiger partial charge in [-0.25, -0.2) is 4.79 Å². The molecule has 0 aromatic carbocycles. The quantitative estimate of drug-likeness (QED) is 0.802. The summed E-state index contributed by atoms with van der Waals surface area (Å²) in [4.78, 5) is 13.3. The van der Waals surface area contributed by atoms with Crippen molar-refractivity contribution in [1.82, 2.24) is 9.47 Å². The predicted octanol–water partition coefficient (Wildman–Crippen LogP) is 1.46. The normalized spacial score (nSPS) is 17.8. The van der Waals surface area contributed by atoms with Gasteiger partial charge < -0.3 is 9.67 Å². The molecular formula is C13H16N2O2. The van der Waals surface area contributed by atoms with Gasteiger partial charge in [0.05, 0.1) is 6.54 Å². The van der Waals surface area contributed by atoms with Crippen LogP contribution in [0.1, 0.15) is 29.4 Å². The van der Waals surface area contributed by atoms with Crippen LogP contribution in [-0.2, 0) is 0 Å². The van der Waals surface area contributed by atoms with Crippen molar-refractivity contribution in [2.24, 2.45) is 0 Å². The highest BCUT2D eigenvalue weighted by molar-refractivity contribution is 5.85. The molecule has 1 aromatic heterocycles. The van der Waals surface area contributed by atoms with Gasteiger partial charge in [-0.15, -0.1) is 6.42 Å². The van der Waals surface area contributed by atoms with E-state index in [4.69, 9.17) is 11.5 Å². The molecule has 4 nitrogen and oxygen atoms in total. The zero-order chi connectivity index (χ0) is 12.3. The molecule has 0 radical (unpaired) electrons. The summed E-state index contributed by atoms with van der Waals surface area (Å²) in [5.74, 6) is 1.78. The third kappa shape index (κ3) is 2.51. The van der Waals surface area contributed by atoms with Gasteiger partial charge in [-0.2, -0.15) is 0 Å². The first-order valence-electron chi connectivity index (χ1n) is 5.78. The Morgan fingerprint density at radius 1 is 1.53 bits per heavy atom. The second-order valence-corrected chi connectivity index (χ2v) is 4.32. The van der Waals surface area contributed by atoms with Crippen LogP contribution in [0.2, 0.25) is 0 Å². The van der Waals surface area contributed by atoms with E-state index in [1.807, 2.05) is 10.8 Å². The third-order valence-electron chi connectivity index (χ3n) is 3.26. The minimum absolute atomic E-state index is 0.283. The van der Waals surface area contributed by atoms with Crippen LogP contribution in [0.25, 0.3) is 0 Å². The smallest absolute Gasteiger partial charge is 0.352 e. The maximum atomic E-state index is 11.0. The molecule has 4 heteroatoms. The van der Waals surface area contributed by atoms with E-state index in [-0.39, 0.29) is 6.04 Å². The SMILES string of the molecule is C#CCN1CCC(n2cccc2C(=O)O)CC1. The molecule has 0 spiro atoms. The fourth-order valence-electron chi connectivity index (χ4n) is 2.38. The van der Waals surface area contributed by atoms with Crippen LogP contribution in [0.3, 0.4) is 0 Å². The van der Waals surface area contributed by atoms with E-state index in [0.717, 1.165) is 25.9 Å². The Morgan fingerprint density at radius 3 is 2.82 bits per heavy atom. The molecule has 0 aliphatic carbocycles. The van der Waals surface area contributed by atoms with Crippen LogP contribution < -0.4 is 0 Å². The number of carbonyl (C=O) groups is 1. The molecule has 1 aromatic rings. The summed E-state index contributed by atoms with van der Waals surface area (Å²) in [6.07, 6.45) is 9.04. The maximum Gasteiger partial charge on any atom is 0.352 e. The van der Waals surface area contributed by atoms with Gasteiger partial charge in [-0.3, -0.25) is 4.90 Å². The topological polar surface area (TPSA) is 45.5 Å². The Balaban J connectivity index is 2.03. The molecule has 0 unspecified atom stereocenters. The average Bonchev–Trinajstić information content (AvgIpc) is 2.79. The molecule has 2 heterocycles. The highest BCUT2D eigenvalue weighted by Gasteiger charge is 2.22. The van der Waals surface area contributed by atoms with Gasteiger partial charge in [0.1, 0.15) is 5.69 Å². The summed E-state index contributed by atoms with van der Waals surface area (Å²) in [5, 5.41) is 9.06. The van der Waals surface area contributed by atoms with Gasteiger partial charge in [-0.1, -0.05) is 5.92 Å². The molecule has 1 fully saturated rings. The van der Waals surface area contributed by atoms with E-state index in [2.05, 4.69) is 10.8 Å². The molecule has 1 aliphatic heterocycles.